The van der Waals surface area contributed by atoms with Gasteiger partial charge in [-0.3, -0.25) is 4.84 Å². The van der Waals surface area contributed by atoms with Gasteiger partial charge in [0.1, 0.15) is 11.4 Å². The van der Waals surface area contributed by atoms with Crippen LogP contribution in [0.1, 0.15) is 18.1 Å². The van der Waals surface area contributed by atoms with Gasteiger partial charge in [-0.15, -0.1) is 0 Å². The van der Waals surface area contributed by atoms with E-state index in [1.807, 2.05) is 48.5 Å². The average molecular weight is 349 g/mol. The van der Waals surface area contributed by atoms with Crippen LogP contribution in [0.4, 0.5) is 10.5 Å². The van der Waals surface area contributed by atoms with Gasteiger partial charge in [0.2, 0.25) is 0 Å². The summed E-state index contributed by atoms with van der Waals surface area (Å²) in [5.41, 5.74) is 3.43. The molecule has 0 fully saturated rings. The molecule has 1 aromatic heterocycles. The Labute approximate surface area is 148 Å². The molecular weight excluding hydrogens is 334 g/mol. The lowest BCUT2D eigenvalue weighted by molar-refractivity contribution is 0.0616. The van der Waals surface area contributed by atoms with E-state index in [4.69, 9.17) is 9.57 Å². The smallest absolute Gasteiger partial charge is 0.494 e. The summed E-state index contributed by atoms with van der Waals surface area (Å²) < 4.78 is 4.75. The number of nitrogens with zero attached hydrogens (tertiary/aromatic N) is 2. The van der Waals surface area contributed by atoms with E-state index in [1.54, 1.807) is 6.92 Å². The average Bonchev–Trinajstić information content (AvgIpc) is 3.16. The molecule has 0 spiro atoms. The van der Waals surface area contributed by atoms with Crippen molar-refractivity contribution in [2.45, 2.75) is 6.92 Å². The Morgan fingerprint density at radius 2 is 1.96 bits per heavy atom. The quantitative estimate of drug-likeness (QED) is 0.426. The van der Waals surface area contributed by atoms with Crippen molar-refractivity contribution in [3.8, 4) is 5.88 Å². The number of oxime groups is 1. The standard InChI is InChI=1S/C19H15N3O4/c1-2-25-19(24)26-22-16-12-8-4-6-10-14(12)20-17(16)15-11-7-3-5-9-13(11)21-18(15)23/h3-10,21,23H,2H2,1H3. The van der Waals surface area contributed by atoms with Crippen LogP contribution in [0.25, 0.3) is 10.9 Å². The molecule has 7 nitrogen and oxygen atoms in total. The summed E-state index contributed by atoms with van der Waals surface area (Å²) in [4.78, 5) is 23.9. The molecule has 4 rings (SSSR count). The second kappa shape index (κ2) is 6.36. The molecule has 0 atom stereocenters. The predicted octanol–water partition coefficient (Wildman–Crippen LogP) is 3.89. The van der Waals surface area contributed by atoms with Crippen LogP contribution in [0, 0.1) is 0 Å². The molecule has 0 amide bonds. The highest BCUT2D eigenvalue weighted by molar-refractivity contribution is 6.58. The summed E-state index contributed by atoms with van der Waals surface area (Å²) in [5, 5.41) is 15.2. The Hall–Kier alpha value is -3.61. The van der Waals surface area contributed by atoms with Crippen molar-refractivity contribution in [2.24, 2.45) is 10.1 Å². The second-order valence-electron chi connectivity index (χ2n) is 5.59. The maximum atomic E-state index is 11.5. The number of carbonyl (C=O) groups is 1. The molecule has 0 radical (unpaired) electrons. The number of hydrogen-bond donors (Lipinski definition) is 2. The van der Waals surface area contributed by atoms with Crippen LogP contribution < -0.4 is 0 Å². The minimum Gasteiger partial charge on any atom is -0.494 e. The molecule has 1 aliphatic rings. The Morgan fingerprint density at radius 3 is 2.81 bits per heavy atom. The Bertz CT molecular complexity index is 1070. The zero-order chi connectivity index (χ0) is 18.1. The number of hydrogen-bond acceptors (Lipinski definition) is 6. The third kappa shape index (κ3) is 2.59. The van der Waals surface area contributed by atoms with Crippen LogP contribution in [-0.2, 0) is 9.57 Å². The number of ether oxygens (including phenoxy) is 1. The monoisotopic (exact) mass is 349 g/mol. The number of aromatic nitrogens is 1. The number of H-pyrrole nitrogens is 1. The molecule has 26 heavy (non-hydrogen) atoms. The van der Waals surface area contributed by atoms with Crippen LogP contribution >= 0.6 is 0 Å². The molecule has 0 saturated carbocycles. The van der Waals surface area contributed by atoms with E-state index >= 15 is 0 Å². The molecular formula is C19H15N3O4. The molecule has 0 unspecified atom stereocenters. The van der Waals surface area contributed by atoms with E-state index in [-0.39, 0.29) is 12.5 Å². The molecule has 0 saturated heterocycles. The minimum atomic E-state index is -0.896. The first-order chi connectivity index (χ1) is 12.7. The Balaban J connectivity index is 1.85. The number of carbonyl (C=O) groups excluding carboxylic acids is 1. The zero-order valence-electron chi connectivity index (χ0n) is 13.9. The minimum absolute atomic E-state index is 0.0263. The Morgan fingerprint density at radius 1 is 1.19 bits per heavy atom. The van der Waals surface area contributed by atoms with E-state index in [2.05, 4.69) is 15.1 Å². The number of aliphatic imine (C=N–C) groups is 1. The van der Waals surface area contributed by atoms with Gasteiger partial charge in [0.25, 0.3) is 0 Å². The number of benzene rings is 2. The first-order valence-electron chi connectivity index (χ1n) is 8.09. The third-order valence-corrected chi connectivity index (χ3v) is 4.01. The predicted molar refractivity (Wildman–Crippen MR) is 97.2 cm³/mol. The van der Waals surface area contributed by atoms with Crippen molar-refractivity contribution < 1.29 is 19.5 Å². The van der Waals surface area contributed by atoms with Crippen molar-refractivity contribution in [1.82, 2.24) is 4.98 Å². The molecule has 3 aromatic rings. The van der Waals surface area contributed by atoms with Gasteiger partial charge < -0.3 is 14.8 Å². The van der Waals surface area contributed by atoms with Crippen molar-refractivity contribution in [3.63, 3.8) is 0 Å². The van der Waals surface area contributed by atoms with E-state index in [0.717, 1.165) is 10.9 Å². The normalized spacial score (nSPS) is 14.3. The number of para-hydroxylation sites is 2. The lowest BCUT2D eigenvalue weighted by atomic mass is 10.0. The van der Waals surface area contributed by atoms with Crippen LogP contribution in [-0.4, -0.2) is 34.3 Å². The molecule has 2 aromatic carbocycles. The van der Waals surface area contributed by atoms with Crippen LogP contribution in [0.3, 0.4) is 0 Å². The molecule has 7 heteroatoms. The number of nitrogens with one attached hydrogen (secondary N) is 1. The summed E-state index contributed by atoms with van der Waals surface area (Å²) in [5.74, 6) is -0.0263. The molecule has 2 N–H and O–H groups in total. The molecule has 1 aliphatic heterocycles. The van der Waals surface area contributed by atoms with Gasteiger partial charge in [-0.1, -0.05) is 41.6 Å². The Kier molecular flexibility index (Phi) is 3.89. The molecule has 130 valence electrons. The fourth-order valence-corrected chi connectivity index (χ4v) is 2.93. The first kappa shape index (κ1) is 15.9. The maximum Gasteiger partial charge on any atom is 0.535 e. The fraction of sp³-hybridized carbons (Fsp3) is 0.105. The van der Waals surface area contributed by atoms with Gasteiger partial charge >= 0.3 is 6.16 Å². The van der Waals surface area contributed by atoms with Gasteiger partial charge in [0.05, 0.1) is 17.9 Å². The van der Waals surface area contributed by atoms with Crippen LogP contribution in [0.5, 0.6) is 5.88 Å². The fourth-order valence-electron chi connectivity index (χ4n) is 2.93. The zero-order valence-corrected chi connectivity index (χ0v) is 13.9. The second-order valence-corrected chi connectivity index (χ2v) is 5.59. The van der Waals surface area contributed by atoms with Gasteiger partial charge in [-0.2, -0.15) is 0 Å². The SMILES string of the molecule is CCOC(=O)ON=C1C(c2c(O)[nH]c3ccccc23)=Nc2ccccc21. The summed E-state index contributed by atoms with van der Waals surface area (Å²) in [6.07, 6.45) is -0.896. The van der Waals surface area contributed by atoms with Crippen LogP contribution in [0.15, 0.2) is 58.7 Å². The van der Waals surface area contributed by atoms with Crippen molar-refractivity contribution >= 4 is 34.2 Å². The van der Waals surface area contributed by atoms with E-state index in [1.165, 1.54) is 0 Å². The summed E-state index contributed by atoms with van der Waals surface area (Å²) >= 11 is 0. The van der Waals surface area contributed by atoms with Gasteiger partial charge in [-0.05, 0) is 19.1 Å². The highest BCUT2D eigenvalue weighted by atomic mass is 16.8. The van der Waals surface area contributed by atoms with Gasteiger partial charge in [-0.25, -0.2) is 9.79 Å². The number of rotatable bonds is 3. The lowest BCUT2D eigenvalue weighted by Gasteiger charge is -2.04. The summed E-state index contributed by atoms with van der Waals surface area (Å²) in [7, 11) is 0. The highest BCUT2D eigenvalue weighted by Crippen LogP contribution is 2.35. The van der Waals surface area contributed by atoms with Crippen LogP contribution in [0.2, 0.25) is 0 Å². The van der Waals surface area contributed by atoms with Crippen molar-refractivity contribution in [3.05, 3.63) is 59.7 Å². The first-order valence-corrected chi connectivity index (χ1v) is 8.09. The van der Waals surface area contributed by atoms with Gasteiger partial charge in [0.15, 0.2) is 5.88 Å². The largest absolute Gasteiger partial charge is 0.535 e. The summed E-state index contributed by atoms with van der Waals surface area (Å²) in [6.45, 7) is 1.86. The number of aromatic amines is 1. The summed E-state index contributed by atoms with van der Waals surface area (Å²) in [6, 6.07) is 14.8. The lowest BCUT2D eigenvalue weighted by Crippen LogP contribution is -2.15. The van der Waals surface area contributed by atoms with Gasteiger partial charge in [0, 0.05) is 16.5 Å². The van der Waals surface area contributed by atoms with Crippen molar-refractivity contribution in [2.75, 3.05) is 6.61 Å². The van der Waals surface area contributed by atoms with E-state index in [0.29, 0.717) is 28.2 Å². The number of fused-ring (bicyclic) bond motifs is 2. The molecule has 0 aliphatic carbocycles. The number of aromatic hydroxyl groups is 1. The molecule has 2 heterocycles. The third-order valence-electron chi connectivity index (χ3n) is 4.01. The van der Waals surface area contributed by atoms with E-state index in [9.17, 15) is 9.90 Å². The van der Waals surface area contributed by atoms with E-state index < -0.39 is 6.16 Å². The topological polar surface area (TPSA) is 96.3 Å². The molecule has 0 bridgehead atoms. The van der Waals surface area contributed by atoms with Crippen molar-refractivity contribution in [1.29, 1.82) is 0 Å². The highest BCUT2D eigenvalue weighted by Gasteiger charge is 2.29. The maximum absolute atomic E-state index is 11.5.